The van der Waals surface area contributed by atoms with Gasteiger partial charge in [-0.15, -0.1) is 0 Å². The van der Waals surface area contributed by atoms with Gasteiger partial charge in [-0.25, -0.2) is 18.8 Å². The van der Waals surface area contributed by atoms with Crippen molar-refractivity contribution in [1.29, 1.82) is 0 Å². The standard InChI is InChI=1S/C19H25BrFNO6/c1-6-26-15(23)19(16(24)27-7-2,22-17(25)28-18(3,4)5)11-12-8-13(20)10-14(21)9-12/h8-10H,6-7,11H2,1-5H3,(H,22,25). The minimum atomic E-state index is -2.23. The molecule has 1 N–H and O–H groups in total. The van der Waals surface area contributed by atoms with Gasteiger partial charge in [-0.05, 0) is 58.4 Å². The van der Waals surface area contributed by atoms with Crippen molar-refractivity contribution >= 4 is 34.0 Å². The Bertz CT molecular complexity index is 693. The normalized spacial score (nSPS) is 11.5. The van der Waals surface area contributed by atoms with E-state index >= 15 is 0 Å². The van der Waals surface area contributed by atoms with E-state index in [1.165, 1.54) is 12.1 Å². The molecule has 28 heavy (non-hydrogen) atoms. The second-order valence-electron chi connectivity index (χ2n) is 6.93. The summed E-state index contributed by atoms with van der Waals surface area (Å²) in [6, 6.07) is 3.89. The van der Waals surface area contributed by atoms with Gasteiger partial charge in [0, 0.05) is 10.9 Å². The molecule has 0 unspecified atom stereocenters. The number of esters is 2. The molecule has 0 heterocycles. The second kappa shape index (κ2) is 9.86. The first-order chi connectivity index (χ1) is 12.9. The predicted molar refractivity (Wildman–Crippen MR) is 103 cm³/mol. The third-order valence-corrected chi connectivity index (χ3v) is 3.81. The lowest BCUT2D eigenvalue weighted by Crippen LogP contribution is -2.63. The van der Waals surface area contributed by atoms with Crippen molar-refractivity contribution in [1.82, 2.24) is 5.32 Å². The van der Waals surface area contributed by atoms with Crippen LogP contribution in [0, 0.1) is 5.82 Å². The van der Waals surface area contributed by atoms with Crippen LogP contribution in [0.4, 0.5) is 9.18 Å². The molecule has 0 radical (unpaired) electrons. The molecule has 9 heteroatoms. The Morgan fingerprint density at radius 2 is 1.57 bits per heavy atom. The number of hydrogen-bond acceptors (Lipinski definition) is 6. The average Bonchev–Trinajstić information content (AvgIpc) is 2.51. The van der Waals surface area contributed by atoms with Crippen LogP contribution >= 0.6 is 15.9 Å². The van der Waals surface area contributed by atoms with Crippen LogP contribution in [-0.2, 0) is 30.2 Å². The number of rotatable bonds is 7. The summed E-state index contributed by atoms with van der Waals surface area (Å²) < 4.78 is 29.4. The maximum absolute atomic E-state index is 13.8. The van der Waals surface area contributed by atoms with Gasteiger partial charge in [-0.3, -0.25) is 5.32 Å². The number of amides is 1. The second-order valence-corrected chi connectivity index (χ2v) is 7.84. The van der Waals surface area contributed by atoms with Gasteiger partial charge in [0.25, 0.3) is 0 Å². The molecule has 1 amide bonds. The van der Waals surface area contributed by atoms with E-state index in [4.69, 9.17) is 14.2 Å². The van der Waals surface area contributed by atoms with Crippen molar-refractivity contribution in [3.05, 3.63) is 34.1 Å². The summed E-state index contributed by atoms with van der Waals surface area (Å²) in [7, 11) is 0. The summed E-state index contributed by atoms with van der Waals surface area (Å²) in [6.07, 6.45) is -1.40. The van der Waals surface area contributed by atoms with Crippen molar-refractivity contribution < 1.29 is 33.0 Å². The quantitative estimate of drug-likeness (QED) is 0.379. The van der Waals surface area contributed by atoms with Gasteiger partial charge in [0.1, 0.15) is 11.4 Å². The van der Waals surface area contributed by atoms with Crippen molar-refractivity contribution in [3.8, 4) is 0 Å². The lowest BCUT2D eigenvalue weighted by Gasteiger charge is -2.31. The van der Waals surface area contributed by atoms with Crippen molar-refractivity contribution in [2.45, 2.75) is 52.2 Å². The molecule has 0 saturated carbocycles. The Morgan fingerprint density at radius 3 is 2.00 bits per heavy atom. The lowest BCUT2D eigenvalue weighted by molar-refractivity contribution is -0.166. The van der Waals surface area contributed by atoms with E-state index in [1.54, 1.807) is 34.6 Å². The molecule has 0 saturated heterocycles. The number of nitrogens with one attached hydrogen (secondary N) is 1. The molecule has 0 spiro atoms. The highest BCUT2D eigenvalue weighted by molar-refractivity contribution is 9.10. The molecule has 1 rings (SSSR count). The molecule has 156 valence electrons. The molecule has 0 aliphatic carbocycles. The number of carbonyl (C=O) groups is 3. The van der Waals surface area contributed by atoms with Crippen LogP contribution < -0.4 is 5.32 Å². The van der Waals surface area contributed by atoms with Gasteiger partial charge in [0.05, 0.1) is 13.2 Å². The largest absolute Gasteiger partial charge is 0.464 e. The molecule has 0 atom stereocenters. The fourth-order valence-electron chi connectivity index (χ4n) is 2.38. The zero-order valence-electron chi connectivity index (χ0n) is 16.6. The smallest absolute Gasteiger partial charge is 0.409 e. The molecule has 1 aromatic carbocycles. The van der Waals surface area contributed by atoms with Crippen molar-refractivity contribution in [2.24, 2.45) is 0 Å². The minimum absolute atomic E-state index is 0.0389. The summed E-state index contributed by atoms with van der Waals surface area (Å²) in [5.41, 5.74) is -2.84. The van der Waals surface area contributed by atoms with Crippen molar-refractivity contribution in [2.75, 3.05) is 13.2 Å². The highest BCUT2D eigenvalue weighted by atomic mass is 79.9. The van der Waals surface area contributed by atoms with E-state index in [9.17, 15) is 18.8 Å². The molecule has 1 aromatic rings. The van der Waals surface area contributed by atoms with Gasteiger partial charge >= 0.3 is 18.0 Å². The third kappa shape index (κ3) is 6.78. The molecule has 0 fully saturated rings. The van der Waals surface area contributed by atoms with Crippen LogP contribution in [0.3, 0.4) is 0 Å². The van der Waals surface area contributed by atoms with E-state index in [-0.39, 0.29) is 25.2 Å². The molecule has 0 aliphatic heterocycles. The summed E-state index contributed by atoms with van der Waals surface area (Å²) in [5, 5.41) is 2.30. The monoisotopic (exact) mass is 461 g/mol. The number of alkyl carbamates (subject to hydrolysis) is 1. The Hall–Kier alpha value is -2.16. The molecule has 0 aliphatic rings. The first kappa shape index (κ1) is 23.9. The first-order valence-corrected chi connectivity index (χ1v) is 9.53. The zero-order chi connectivity index (χ0) is 21.5. The molecular formula is C19H25BrFNO6. The number of ether oxygens (including phenoxy) is 3. The number of halogens is 2. The van der Waals surface area contributed by atoms with E-state index in [0.29, 0.717) is 4.47 Å². The molecular weight excluding hydrogens is 437 g/mol. The van der Waals surface area contributed by atoms with Gasteiger partial charge in [-0.1, -0.05) is 15.9 Å². The third-order valence-electron chi connectivity index (χ3n) is 3.35. The van der Waals surface area contributed by atoms with Crippen LogP contribution in [0.1, 0.15) is 40.2 Å². The molecule has 0 bridgehead atoms. The Morgan fingerprint density at radius 1 is 1.04 bits per heavy atom. The van der Waals surface area contributed by atoms with E-state index < -0.39 is 35.0 Å². The maximum Gasteiger partial charge on any atom is 0.409 e. The van der Waals surface area contributed by atoms with E-state index in [0.717, 1.165) is 6.07 Å². The Balaban J connectivity index is 3.43. The summed E-state index contributed by atoms with van der Waals surface area (Å²) in [4.78, 5) is 37.9. The first-order valence-electron chi connectivity index (χ1n) is 8.74. The number of benzene rings is 1. The Kier molecular flexibility index (Phi) is 8.41. The summed E-state index contributed by atoms with van der Waals surface area (Å²) >= 11 is 3.16. The van der Waals surface area contributed by atoms with Crippen molar-refractivity contribution in [3.63, 3.8) is 0 Å². The van der Waals surface area contributed by atoms with E-state index in [1.807, 2.05) is 0 Å². The van der Waals surface area contributed by atoms with Gasteiger partial charge < -0.3 is 14.2 Å². The minimum Gasteiger partial charge on any atom is -0.464 e. The van der Waals surface area contributed by atoms with Gasteiger partial charge in [-0.2, -0.15) is 0 Å². The zero-order valence-corrected chi connectivity index (χ0v) is 18.1. The predicted octanol–water partition coefficient (Wildman–Crippen LogP) is 3.52. The van der Waals surface area contributed by atoms with Crippen LogP contribution in [0.15, 0.2) is 22.7 Å². The summed E-state index contributed by atoms with van der Waals surface area (Å²) in [6.45, 7) is 7.93. The fraction of sp³-hybridized carbons (Fsp3) is 0.526. The molecule has 0 aromatic heterocycles. The van der Waals surface area contributed by atoms with Crippen LogP contribution in [0.2, 0.25) is 0 Å². The maximum atomic E-state index is 13.8. The van der Waals surface area contributed by atoms with E-state index in [2.05, 4.69) is 21.2 Å². The Labute approximate surface area is 172 Å². The number of hydrogen-bond donors (Lipinski definition) is 1. The van der Waals surface area contributed by atoms with Crippen LogP contribution in [-0.4, -0.2) is 42.4 Å². The molecule has 7 nitrogen and oxygen atoms in total. The van der Waals surface area contributed by atoms with Gasteiger partial charge in [0.15, 0.2) is 0 Å². The lowest BCUT2D eigenvalue weighted by atomic mass is 9.90. The highest BCUT2D eigenvalue weighted by Gasteiger charge is 2.51. The SMILES string of the molecule is CCOC(=O)C(Cc1cc(F)cc(Br)c1)(NC(=O)OC(C)(C)C)C(=O)OCC. The fourth-order valence-corrected chi connectivity index (χ4v) is 2.89. The highest BCUT2D eigenvalue weighted by Crippen LogP contribution is 2.23. The number of carbonyl (C=O) groups excluding carboxylic acids is 3. The van der Waals surface area contributed by atoms with Crippen LogP contribution in [0.25, 0.3) is 0 Å². The topological polar surface area (TPSA) is 90.9 Å². The summed E-state index contributed by atoms with van der Waals surface area (Å²) in [5.74, 6) is -2.64. The van der Waals surface area contributed by atoms with Gasteiger partial charge in [0.2, 0.25) is 5.54 Å². The van der Waals surface area contributed by atoms with Crippen LogP contribution in [0.5, 0.6) is 0 Å². The average molecular weight is 462 g/mol.